The lowest BCUT2D eigenvalue weighted by Gasteiger charge is -2.19. The smallest absolute Gasteiger partial charge is 0.242 e. The molecule has 2 aromatic rings. The predicted molar refractivity (Wildman–Crippen MR) is 92.1 cm³/mol. The lowest BCUT2D eigenvalue weighted by molar-refractivity contribution is -0.118. The number of hydrogen-bond acceptors (Lipinski definition) is 5. The minimum absolute atomic E-state index is 0.0611. The fourth-order valence-electron chi connectivity index (χ4n) is 2.38. The van der Waals surface area contributed by atoms with E-state index in [2.05, 4.69) is 10.3 Å². The molecule has 0 bridgehead atoms. The standard InChI is InChI=1S/C18H21N3O3/c1-11(2)17(19)18(22)21-16-5-3-4-13(20-16)12-6-7-14-15(10-12)24-9-8-23-14/h3-7,10-11,17H,8-9,19H2,1-2H3,(H,20,21,22)/t17-/m0/s1. The monoisotopic (exact) mass is 327 g/mol. The Morgan fingerprint density at radius 1 is 1.17 bits per heavy atom. The average molecular weight is 327 g/mol. The van der Waals surface area contributed by atoms with Gasteiger partial charge < -0.3 is 20.5 Å². The lowest BCUT2D eigenvalue weighted by atomic mass is 10.1. The molecule has 0 aliphatic carbocycles. The molecule has 3 N–H and O–H groups in total. The van der Waals surface area contributed by atoms with E-state index in [1.54, 1.807) is 6.07 Å². The second-order valence-corrected chi connectivity index (χ2v) is 6.03. The Morgan fingerprint density at radius 2 is 1.92 bits per heavy atom. The van der Waals surface area contributed by atoms with E-state index in [1.807, 2.05) is 44.2 Å². The Kier molecular flexibility index (Phi) is 4.66. The van der Waals surface area contributed by atoms with Gasteiger partial charge in [-0.3, -0.25) is 4.79 Å². The number of nitrogens with zero attached hydrogens (tertiary/aromatic N) is 1. The lowest BCUT2D eigenvalue weighted by Crippen LogP contribution is -2.39. The number of nitrogens with two attached hydrogens (primary N) is 1. The first-order valence-corrected chi connectivity index (χ1v) is 7.98. The Morgan fingerprint density at radius 3 is 2.67 bits per heavy atom. The van der Waals surface area contributed by atoms with Gasteiger partial charge in [-0.1, -0.05) is 19.9 Å². The van der Waals surface area contributed by atoms with Crippen LogP contribution in [0.4, 0.5) is 5.82 Å². The Balaban J connectivity index is 1.82. The van der Waals surface area contributed by atoms with Crippen LogP contribution in [0.2, 0.25) is 0 Å². The minimum atomic E-state index is -0.565. The third kappa shape index (κ3) is 3.49. The van der Waals surface area contributed by atoms with Gasteiger partial charge in [-0.05, 0) is 36.2 Å². The summed E-state index contributed by atoms with van der Waals surface area (Å²) < 4.78 is 11.1. The normalized spacial score (nSPS) is 14.3. The summed E-state index contributed by atoms with van der Waals surface area (Å²) in [6, 6.07) is 10.6. The molecule has 24 heavy (non-hydrogen) atoms. The summed E-state index contributed by atoms with van der Waals surface area (Å²) in [5, 5.41) is 2.76. The molecule has 1 aromatic carbocycles. The first-order valence-electron chi connectivity index (χ1n) is 7.98. The summed E-state index contributed by atoms with van der Waals surface area (Å²) in [7, 11) is 0. The van der Waals surface area contributed by atoms with Gasteiger partial charge in [0.1, 0.15) is 19.0 Å². The summed E-state index contributed by atoms with van der Waals surface area (Å²) >= 11 is 0. The van der Waals surface area contributed by atoms with Gasteiger partial charge in [0.05, 0.1) is 11.7 Å². The average Bonchev–Trinajstić information content (AvgIpc) is 2.60. The molecule has 0 fully saturated rings. The van der Waals surface area contributed by atoms with Crippen molar-refractivity contribution in [2.24, 2.45) is 11.7 Å². The van der Waals surface area contributed by atoms with Crippen molar-refractivity contribution in [3.05, 3.63) is 36.4 Å². The maximum Gasteiger partial charge on any atom is 0.242 e. The molecule has 1 aromatic heterocycles. The van der Waals surface area contributed by atoms with Gasteiger partial charge in [-0.25, -0.2) is 4.98 Å². The van der Waals surface area contributed by atoms with Crippen LogP contribution < -0.4 is 20.5 Å². The fraction of sp³-hybridized carbons (Fsp3) is 0.333. The third-order valence-corrected chi connectivity index (χ3v) is 3.86. The van der Waals surface area contributed by atoms with E-state index in [1.165, 1.54) is 0 Å². The number of anilines is 1. The number of rotatable bonds is 4. The Bertz CT molecular complexity index is 746. The minimum Gasteiger partial charge on any atom is -0.486 e. The zero-order valence-corrected chi connectivity index (χ0v) is 13.8. The number of benzene rings is 1. The van der Waals surface area contributed by atoms with Gasteiger partial charge in [-0.15, -0.1) is 0 Å². The summed E-state index contributed by atoms with van der Waals surface area (Å²) in [5.41, 5.74) is 7.49. The second kappa shape index (κ2) is 6.88. The number of amides is 1. The summed E-state index contributed by atoms with van der Waals surface area (Å²) in [6.45, 7) is 4.90. The van der Waals surface area contributed by atoms with E-state index >= 15 is 0 Å². The van der Waals surface area contributed by atoms with Crippen LogP contribution in [0.3, 0.4) is 0 Å². The number of ether oxygens (including phenoxy) is 2. The summed E-state index contributed by atoms with van der Waals surface area (Å²) in [4.78, 5) is 16.6. The number of carbonyl (C=O) groups is 1. The second-order valence-electron chi connectivity index (χ2n) is 6.03. The van der Waals surface area contributed by atoms with Crippen molar-refractivity contribution < 1.29 is 14.3 Å². The molecule has 0 spiro atoms. The highest BCUT2D eigenvalue weighted by Gasteiger charge is 2.18. The molecule has 126 valence electrons. The predicted octanol–water partition coefficient (Wildman–Crippen LogP) is 2.44. The number of hydrogen-bond donors (Lipinski definition) is 2. The SMILES string of the molecule is CC(C)[C@H](N)C(=O)Nc1cccc(-c2ccc3c(c2)OCCO3)n1. The molecule has 6 heteroatoms. The topological polar surface area (TPSA) is 86.5 Å². The Labute approximate surface area is 141 Å². The van der Waals surface area contributed by atoms with E-state index in [0.29, 0.717) is 24.8 Å². The number of fused-ring (bicyclic) bond motifs is 1. The largest absolute Gasteiger partial charge is 0.486 e. The van der Waals surface area contributed by atoms with Crippen molar-refractivity contribution in [1.29, 1.82) is 0 Å². The molecule has 0 unspecified atom stereocenters. The number of nitrogens with one attached hydrogen (secondary N) is 1. The zero-order chi connectivity index (χ0) is 17.1. The summed E-state index contributed by atoms with van der Waals surface area (Å²) in [6.07, 6.45) is 0. The number of pyridine rings is 1. The van der Waals surface area contributed by atoms with E-state index in [4.69, 9.17) is 15.2 Å². The van der Waals surface area contributed by atoms with Crippen LogP contribution in [0.5, 0.6) is 11.5 Å². The molecular formula is C18H21N3O3. The highest BCUT2D eigenvalue weighted by molar-refractivity contribution is 5.94. The van der Waals surface area contributed by atoms with Crippen LogP contribution in [-0.4, -0.2) is 30.1 Å². The maximum absolute atomic E-state index is 12.1. The van der Waals surface area contributed by atoms with E-state index in [-0.39, 0.29) is 11.8 Å². The first-order chi connectivity index (χ1) is 11.5. The van der Waals surface area contributed by atoms with Gasteiger partial charge in [0, 0.05) is 5.56 Å². The zero-order valence-electron chi connectivity index (χ0n) is 13.8. The van der Waals surface area contributed by atoms with E-state index in [9.17, 15) is 4.79 Å². The van der Waals surface area contributed by atoms with Crippen molar-refractivity contribution in [2.75, 3.05) is 18.5 Å². The molecule has 2 heterocycles. The van der Waals surface area contributed by atoms with Crippen LogP contribution >= 0.6 is 0 Å². The molecule has 1 aliphatic rings. The highest BCUT2D eigenvalue weighted by Crippen LogP contribution is 2.34. The van der Waals surface area contributed by atoms with Crippen molar-refractivity contribution >= 4 is 11.7 Å². The van der Waals surface area contributed by atoms with Crippen LogP contribution in [-0.2, 0) is 4.79 Å². The third-order valence-electron chi connectivity index (χ3n) is 3.86. The van der Waals surface area contributed by atoms with Gasteiger partial charge in [-0.2, -0.15) is 0 Å². The van der Waals surface area contributed by atoms with Crippen molar-refractivity contribution in [1.82, 2.24) is 4.98 Å². The van der Waals surface area contributed by atoms with E-state index < -0.39 is 6.04 Å². The first kappa shape index (κ1) is 16.3. The molecule has 3 rings (SSSR count). The van der Waals surface area contributed by atoms with Gasteiger partial charge in [0.15, 0.2) is 11.5 Å². The quantitative estimate of drug-likeness (QED) is 0.901. The van der Waals surface area contributed by atoms with E-state index in [0.717, 1.165) is 17.0 Å². The molecule has 6 nitrogen and oxygen atoms in total. The fourth-order valence-corrected chi connectivity index (χ4v) is 2.38. The maximum atomic E-state index is 12.1. The molecule has 1 atom stereocenters. The van der Waals surface area contributed by atoms with Gasteiger partial charge in [0.2, 0.25) is 5.91 Å². The molecule has 0 saturated heterocycles. The van der Waals surface area contributed by atoms with Crippen molar-refractivity contribution in [2.45, 2.75) is 19.9 Å². The van der Waals surface area contributed by atoms with Crippen LogP contribution in [0.1, 0.15) is 13.8 Å². The summed E-state index contributed by atoms with van der Waals surface area (Å²) in [5.74, 6) is 1.74. The number of aromatic nitrogens is 1. The molecular weight excluding hydrogens is 306 g/mol. The number of carbonyl (C=O) groups excluding carboxylic acids is 1. The molecule has 1 amide bonds. The molecule has 1 aliphatic heterocycles. The molecule has 0 radical (unpaired) electrons. The Hall–Kier alpha value is -2.60. The van der Waals surface area contributed by atoms with Crippen molar-refractivity contribution in [3.63, 3.8) is 0 Å². The van der Waals surface area contributed by atoms with Crippen LogP contribution in [0.25, 0.3) is 11.3 Å². The van der Waals surface area contributed by atoms with Gasteiger partial charge >= 0.3 is 0 Å². The van der Waals surface area contributed by atoms with Gasteiger partial charge in [0.25, 0.3) is 0 Å². The molecule has 0 saturated carbocycles. The highest BCUT2D eigenvalue weighted by atomic mass is 16.6. The van der Waals surface area contributed by atoms with Crippen LogP contribution in [0.15, 0.2) is 36.4 Å². The van der Waals surface area contributed by atoms with Crippen molar-refractivity contribution in [3.8, 4) is 22.8 Å². The van der Waals surface area contributed by atoms with Crippen LogP contribution in [0, 0.1) is 5.92 Å².